The van der Waals surface area contributed by atoms with Crippen molar-refractivity contribution in [1.29, 1.82) is 0 Å². The van der Waals surface area contributed by atoms with Crippen molar-refractivity contribution >= 4 is 34.8 Å². The number of hydrogen-bond acceptors (Lipinski definition) is 14. The number of benzene rings is 3. The number of carbonyl (C=O) groups excluding carboxylic acids is 4. The third-order valence-corrected chi connectivity index (χ3v) is 14.1. The number of phenols is 2. The molecule has 2 fully saturated rings. The molecule has 3 amide bonds. The second kappa shape index (κ2) is 18.2. The molecular formula is C52H54N8O11. The highest BCUT2D eigenvalue weighted by molar-refractivity contribution is 5.93. The fourth-order valence-electron chi connectivity index (χ4n) is 10.4. The van der Waals surface area contributed by atoms with Gasteiger partial charge in [0.1, 0.15) is 41.8 Å². The summed E-state index contributed by atoms with van der Waals surface area (Å²) in [5.41, 5.74) is 3.00. The van der Waals surface area contributed by atoms with Gasteiger partial charge in [-0.05, 0) is 105 Å². The van der Waals surface area contributed by atoms with Gasteiger partial charge in [-0.2, -0.15) is 0 Å². The second-order valence-corrected chi connectivity index (χ2v) is 18.9. The van der Waals surface area contributed by atoms with Crippen LogP contribution in [0.1, 0.15) is 105 Å². The summed E-state index contributed by atoms with van der Waals surface area (Å²) in [6.45, 7) is 10.5. The minimum atomic E-state index is -1.98. The van der Waals surface area contributed by atoms with Gasteiger partial charge in [-0.3, -0.25) is 23.9 Å². The number of rotatable bonds is 10. The first-order valence-electron chi connectivity index (χ1n) is 24.0. The molecule has 0 saturated carbocycles. The lowest BCUT2D eigenvalue weighted by molar-refractivity contribution is -0.169. The van der Waals surface area contributed by atoms with Gasteiger partial charge < -0.3 is 44.3 Å². The van der Waals surface area contributed by atoms with Gasteiger partial charge >= 0.3 is 12.1 Å². The van der Waals surface area contributed by atoms with Crippen molar-refractivity contribution in [3.63, 3.8) is 0 Å². The molecule has 19 nitrogen and oxygen atoms in total. The predicted molar refractivity (Wildman–Crippen MR) is 257 cm³/mol. The topological polar surface area (TPSA) is 241 Å². The smallest absolute Gasteiger partial charge is 0.415 e. The summed E-state index contributed by atoms with van der Waals surface area (Å²) < 4.78 is 20.6. The van der Waals surface area contributed by atoms with Crippen LogP contribution in [0.5, 0.6) is 23.0 Å². The summed E-state index contributed by atoms with van der Waals surface area (Å²) in [7, 11) is 0. The molecule has 4 aliphatic heterocycles. The molecule has 0 unspecified atom stereocenters. The van der Waals surface area contributed by atoms with Crippen molar-refractivity contribution in [3.8, 4) is 51.5 Å². The van der Waals surface area contributed by atoms with Crippen LogP contribution in [0.25, 0.3) is 39.4 Å². The average molecular weight is 967 g/mol. The number of phenolic OH excluding ortho intramolecular Hbond substituents is 2. The van der Waals surface area contributed by atoms with E-state index in [1.165, 1.54) is 17.9 Å². The Morgan fingerprint density at radius 2 is 1.66 bits per heavy atom. The van der Waals surface area contributed by atoms with Crippen LogP contribution in [0.4, 0.5) is 4.79 Å². The van der Waals surface area contributed by atoms with Crippen LogP contribution in [0, 0.1) is 0 Å². The van der Waals surface area contributed by atoms with Gasteiger partial charge in [-0.25, -0.2) is 14.6 Å². The number of esters is 1. The van der Waals surface area contributed by atoms with Crippen LogP contribution in [-0.2, 0) is 39.5 Å². The van der Waals surface area contributed by atoms with Crippen LogP contribution < -0.4 is 20.3 Å². The number of ether oxygens (including phenoxy) is 3. The quantitative estimate of drug-likeness (QED) is 0.118. The Labute approximate surface area is 407 Å². The van der Waals surface area contributed by atoms with Gasteiger partial charge in [0.05, 0.1) is 34.6 Å². The fraction of sp³-hybridized carbons (Fsp3) is 0.385. The van der Waals surface area contributed by atoms with E-state index in [1.54, 1.807) is 75.6 Å². The number of aromatic nitrogens is 5. The van der Waals surface area contributed by atoms with Crippen molar-refractivity contribution in [2.75, 3.05) is 26.2 Å². The Kier molecular flexibility index (Phi) is 12.0. The third kappa shape index (κ3) is 8.16. The van der Waals surface area contributed by atoms with E-state index in [4.69, 9.17) is 19.2 Å². The van der Waals surface area contributed by atoms with Crippen LogP contribution >= 0.6 is 0 Å². The molecule has 2 saturated heterocycles. The molecule has 0 aliphatic carbocycles. The Morgan fingerprint density at radius 3 is 2.38 bits per heavy atom. The number of piperidine rings is 1. The van der Waals surface area contributed by atoms with Gasteiger partial charge in [0, 0.05) is 67.3 Å². The summed E-state index contributed by atoms with van der Waals surface area (Å²) in [6.07, 6.45) is 2.03. The zero-order valence-electron chi connectivity index (χ0n) is 40.0. The Bertz CT molecular complexity index is 3230. The number of amides is 3. The highest BCUT2D eigenvalue weighted by Gasteiger charge is 2.44. The third-order valence-electron chi connectivity index (χ3n) is 14.1. The average Bonchev–Trinajstić information content (AvgIpc) is 4.11. The number of likely N-dealkylation sites (tertiary alicyclic amines) is 2. The van der Waals surface area contributed by atoms with E-state index in [9.17, 15) is 39.3 Å². The molecule has 3 aromatic carbocycles. The number of carbonyl (C=O) groups is 4. The molecule has 19 heteroatoms. The van der Waals surface area contributed by atoms with Crippen molar-refractivity contribution in [1.82, 2.24) is 39.4 Å². The predicted octanol–water partition coefficient (Wildman–Crippen LogP) is 5.82. The first kappa shape index (κ1) is 46.9. The van der Waals surface area contributed by atoms with Crippen LogP contribution in [0.15, 0.2) is 65.5 Å². The van der Waals surface area contributed by atoms with E-state index >= 15 is 0 Å². The van der Waals surface area contributed by atoms with E-state index in [0.29, 0.717) is 104 Å². The first-order valence-corrected chi connectivity index (χ1v) is 24.0. The molecule has 0 spiro atoms. The highest BCUT2D eigenvalue weighted by atomic mass is 16.6. The lowest BCUT2D eigenvalue weighted by atomic mass is 9.89. The number of cyclic esters (lactones) is 1. The lowest BCUT2D eigenvalue weighted by Gasteiger charge is -2.35. The normalized spacial score (nSPS) is 18.6. The lowest BCUT2D eigenvalue weighted by Crippen LogP contribution is -2.51. The standard InChI is InChI=1S/C52H54N8O11/c1-6-32-34-21-31(14-15-39(34)54-44-36(32)25-59-41(44)23-38-37(48(59)64)26-69-50(66)52(38,5)68)71-51(67)58-18-8-9-40(58)49(65)57-19-16-30(17-20-57)70-29-12-10-28(11-13-29)60-45(55-56-46(60)47(63)53-7-2)35-22-33(27(3)4)42(61)24-43(35)62/h10-15,21-24,27,30,40,61-62,68H,6-9,16-20,25-26H2,1-5H3,(H,53,63)/t40-,52-/m0/s1. The van der Waals surface area contributed by atoms with Crippen molar-refractivity contribution in [2.45, 2.75) is 104 Å². The minimum Gasteiger partial charge on any atom is -0.508 e. The minimum absolute atomic E-state index is 0.0161. The number of fused-ring (bicyclic) bond motifs is 5. The largest absolute Gasteiger partial charge is 0.508 e. The molecular weight excluding hydrogens is 913 g/mol. The molecule has 4 aliphatic rings. The highest BCUT2D eigenvalue weighted by Crippen LogP contribution is 2.41. The molecule has 0 radical (unpaired) electrons. The number of aryl methyl sites for hydroxylation is 1. The molecule has 10 rings (SSSR count). The first-order chi connectivity index (χ1) is 34.1. The molecule has 6 aromatic rings. The SMILES string of the molecule is CCNC(=O)c1nnc(-c2cc(C(C)C)c(O)cc2O)n1-c1ccc(OC2CCN(C(=O)[C@@H]3CCCN3C(=O)Oc3ccc4nc5c(c(CC)c4c3)Cn3c-5cc4c(c3=O)COC(=O)[C@@]4(C)O)CC2)cc1. The molecule has 368 valence electrons. The summed E-state index contributed by atoms with van der Waals surface area (Å²) in [5.74, 6) is -0.636. The maximum absolute atomic E-state index is 14.0. The zero-order chi connectivity index (χ0) is 50.0. The van der Waals surface area contributed by atoms with Crippen LogP contribution in [0.3, 0.4) is 0 Å². The maximum Gasteiger partial charge on any atom is 0.415 e. The number of hydrogen-bond donors (Lipinski definition) is 4. The fourth-order valence-corrected chi connectivity index (χ4v) is 10.4. The molecule has 7 heterocycles. The number of nitrogens with one attached hydrogen (secondary N) is 1. The summed E-state index contributed by atoms with van der Waals surface area (Å²) >= 11 is 0. The monoisotopic (exact) mass is 966 g/mol. The van der Waals surface area contributed by atoms with E-state index in [-0.39, 0.29) is 70.9 Å². The van der Waals surface area contributed by atoms with Crippen molar-refractivity contribution < 1.29 is 48.7 Å². The Hall–Kier alpha value is -7.80. The number of pyridine rings is 2. The molecule has 0 bridgehead atoms. The molecule has 3 aromatic heterocycles. The van der Waals surface area contributed by atoms with Gasteiger partial charge in [0.25, 0.3) is 11.5 Å². The van der Waals surface area contributed by atoms with Gasteiger partial charge in [0.15, 0.2) is 11.4 Å². The van der Waals surface area contributed by atoms with E-state index in [0.717, 1.165) is 16.5 Å². The van der Waals surface area contributed by atoms with E-state index in [1.807, 2.05) is 20.8 Å². The van der Waals surface area contributed by atoms with E-state index in [2.05, 4.69) is 15.5 Å². The molecule has 4 N–H and O–H groups in total. The van der Waals surface area contributed by atoms with Crippen molar-refractivity contribution in [3.05, 3.63) is 105 Å². The van der Waals surface area contributed by atoms with Gasteiger partial charge in [0.2, 0.25) is 11.7 Å². The Balaban J connectivity index is 0.795. The number of aromatic hydroxyl groups is 2. The number of aliphatic hydroxyl groups is 1. The zero-order valence-corrected chi connectivity index (χ0v) is 40.0. The van der Waals surface area contributed by atoms with Crippen molar-refractivity contribution in [2.24, 2.45) is 0 Å². The maximum atomic E-state index is 14.0. The molecule has 2 atom stereocenters. The van der Waals surface area contributed by atoms with E-state index < -0.39 is 29.6 Å². The second-order valence-electron chi connectivity index (χ2n) is 18.9. The Morgan fingerprint density at radius 1 is 0.915 bits per heavy atom. The van der Waals surface area contributed by atoms with Gasteiger partial charge in [-0.15, -0.1) is 10.2 Å². The summed E-state index contributed by atoms with van der Waals surface area (Å²) in [6, 6.07) is 16.1. The number of nitrogens with zero attached hydrogens (tertiary/aromatic N) is 7. The molecule has 71 heavy (non-hydrogen) atoms. The summed E-state index contributed by atoms with van der Waals surface area (Å²) in [4.78, 5) is 75.3. The van der Waals surface area contributed by atoms with Gasteiger partial charge in [-0.1, -0.05) is 20.8 Å². The summed E-state index contributed by atoms with van der Waals surface area (Å²) in [5, 5.41) is 44.4. The van der Waals surface area contributed by atoms with Crippen LogP contribution in [-0.4, -0.2) is 112 Å². The van der Waals surface area contributed by atoms with Crippen LogP contribution in [0.2, 0.25) is 0 Å².